The van der Waals surface area contributed by atoms with E-state index in [0.717, 1.165) is 0 Å². The summed E-state index contributed by atoms with van der Waals surface area (Å²) in [6, 6.07) is 2.94. The molecule has 13 N–H and O–H groups in total. The summed E-state index contributed by atoms with van der Waals surface area (Å²) in [5.41, 5.74) is 6.93. The normalized spacial score (nSPS) is 31.4. The predicted octanol–water partition coefficient (Wildman–Crippen LogP) is -3.27. The van der Waals surface area contributed by atoms with E-state index in [9.17, 15) is 39.7 Å². The van der Waals surface area contributed by atoms with E-state index in [1.165, 1.54) is 47.5 Å². The number of aliphatic hydroxyl groups is 5. The minimum absolute atomic E-state index is 0.0654. The molecule has 0 radical (unpaired) electrons. The van der Waals surface area contributed by atoms with Crippen molar-refractivity contribution in [3.8, 4) is 0 Å². The first kappa shape index (κ1) is 33.6. The molecule has 2 aliphatic rings. The van der Waals surface area contributed by atoms with Crippen molar-refractivity contribution in [1.29, 1.82) is 0 Å². The maximum Gasteiger partial charge on any atom is 0.351 e. The third kappa shape index (κ3) is 5.94. The van der Waals surface area contributed by atoms with Gasteiger partial charge in [-0.1, -0.05) is 0 Å². The van der Waals surface area contributed by atoms with Gasteiger partial charge in [0.15, 0.2) is 36.4 Å². The molecule has 0 aromatic carbocycles. The highest BCUT2D eigenvalue weighted by Crippen LogP contribution is 2.43. The van der Waals surface area contributed by atoms with Crippen LogP contribution in [0.5, 0.6) is 0 Å². The highest BCUT2D eigenvalue weighted by molar-refractivity contribution is 7.51. The molecule has 4 aromatic rings. The summed E-state index contributed by atoms with van der Waals surface area (Å²) in [6.07, 6.45) is -5.63. The molecule has 0 aliphatic carbocycles. The Balaban J connectivity index is 0.000000184. The summed E-state index contributed by atoms with van der Waals surface area (Å²) in [5.74, 6) is -0.214. The Labute approximate surface area is 256 Å². The third-order valence-corrected chi connectivity index (χ3v) is 8.15. The van der Waals surface area contributed by atoms with Gasteiger partial charge in [0, 0.05) is 12.4 Å². The lowest BCUT2D eigenvalue weighted by molar-refractivity contribution is -0.167. The van der Waals surface area contributed by atoms with Gasteiger partial charge in [-0.2, -0.15) is 9.97 Å². The van der Waals surface area contributed by atoms with Crippen LogP contribution in [0.25, 0.3) is 22.1 Å². The molecule has 8 atom stereocenters. The van der Waals surface area contributed by atoms with E-state index in [0.29, 0.717) is 0 Å². The molecular weight excluding hydrogens is 639 g/mol. The Morgan fingerprint density at radius 3 is 1.80 bits per heavy atom. The first-order chi connectivity index (χ1) is 21.4. The summed E-state index contributed by atoms with van der Waals surface area (Å²) in [4.78, 5) is 54.1. The molecule has 6 rings (SSSR count). The number of nitrogens with two attached hydrogens (primary N) is 2. The molecule has 2 fully saturated rings. The molecule has 4 aromatic heterocycles. The van der Waals surface area contributed by atoms with E-state index in [1.807, 2.05) is 0 Å². The number of H-pyrrole nitrogens is 2. The van der Waals surface area contributed by atoms with Crippen LogP contribution >= 0.6 is 7.60 Å². The second-order valence-corrected chi connectivity index (χ2v) is 12.8. The number of rotatable bonds is 6. The predicted molar refractivity (Wildman–Crippen MR) is 156 cm³/mol. The van der Waals surface area contributed by atoms with Crippen LogP contribution in [-0.2, 0) is 18.8 Å². The molecular formula is C24H33N8O13P. The second-order valence-electron chi connectivity index (χ2n) is 11.2. The van der Waals surface area contributed by atoms with Crippen LogP contribution in [0.2, 0.25) is 0 Å². The molecule has 0 bridgehead atoms. The van der Waals surface area contributed by atoms with Crippen LogP contribution in [0.1, 0.15) is 26.3 Å². The summed E-state index contributed by atoms with van der Waals surface area (Å²) in [5, 5.41) is 50.9. The fourth-order valence-corrected chi connectivity index (χ4v) is 5.64. The number of hydrogen-bond acceptors (Lipinski definition) is 15. The second kappa shape index (κ2) is 11.8. The zero-order chi connectivity index (χ0) is 33.9. The average Bonchev–Trinajstić information content (AvgIpc) is 3.67. The van der Waals surface area contributed by atoms with Crippen molar-refractivity contribution < 1.29 is 54.1 Å². The van der Waals surface area contributed by atoms with Gasteiger partial charge in [0.05, 0.1) is 17.4 Å². The summed E-state index contributed by atoms with van der Waals surface area (Å²) in [6.45, 7) is 2.20. The standard InChI is InChI=1S/C12H17N4O8P.C12H16N4O5/c1-12(19)6(17)9(23-4-25(20,21)22)24-10(12)16-3-2-5-7(16)14-11(13)15-8(5)18;1-12(20)7(18)6(4-17)21-10(12)16-3-2-5-8(16)14-11(13)15-9(5)19/h2-3,6,9-10,17,19H,4H2,1H3,(H2,20,21,22)(H3,13,14,15,18);2-3,6-7,10,17-18,20H,4H2,1H3,(H3,13,14,15,19)/t6?,9-,10+,12+;6-,7?,10-,12-/m01/s1. The van der Waals surface area contributed by atoms with E-state index in [4.69, 9.17) is 35.5 Å². The average molecular weight is 673 g/mol. The number of aliphatic hydroxyl groups excluding tert-OH is 3. The third-order valence-electron chi connectivity index (χ3n) is 7.67. The first-order valence-electron chi connectivity index (χ1n) is 13.5. The quantitative estimate of drug-likeness (QED) is 0.0895. The van der Waals surface area contributed by atoms with Gasteiger partial charge < -0.3 is 70.1 Å². The zero-order valence-corrected chi connectivity index (χ0v) is 25.1. The minimum atomic E-state index is -4.49. The van der Waals surface area contributed by atoms with E-state index in [2.05, 4.69) is 19.9 Å². The number of hydrogen-bond donors (Lipinski definition) is 11. The van der Waals surface area contributed by atoms with Crippen molar-refractivity contribution in [2.24, 2.45) is 0 Å². The van der Waals surface area contributed by atoms with Crippen LogP contribution in [0.15, 0.2) is 34.1 Å². The van der Waals surface area contributed by atoms with Crippen LogP contribution in [0.4, 0.5) is 11.9 Å². The largest absolute Gasteiger partial charge is 0.394 e. The smallest absolute Gasteiger partial charge is 0.351 e. The number of nitrogen functional groups attached to an aromatic ring is 2. The Morgan fingerprint density at radius 2 is 1.37 bits per heavy atom. The number of anilines is 2. The zero-order valence-electron chi connectivity index (χ0n) is 24.2. The molecule has 2 unspecified atom stereocenters. The molecule has 2 saturated heterocycles. The maximum atomic E-state index is 11.9. The highest BCUT2D eigenvalue weighted by atomic mass is 31.2. The molecule has 6 heterocycles. The number of nitrogens with zero attached hydrogens (tertiary/aromatic N) is 4. The number of aromatic amines is 2. The van der Waals surface area contributed by atoms with Gasteiger partial charge in [0.25, 0.3) is 11.1 Å². The molecule has 0 saturated carbocycles. The van der Waals surface area contributed by atoms with E-state index < -0.39 is 79.9 Å². The first-order valence-corrected chi connectivity index (χ1v) is 15.3. The molecule has 21 nitrogen and oxygen atoms in total. The van der Waals surface area contributed by atoms with Gasteiger partial charge in [-0.15, -0.1) is 0 Å². The lowest BCUT2D eigenvalue weighted by Crippen LogP contribution is -2.44. The van der Waals surface area contributed by atoms with E-state index >= 15 is 0 Å². The monoisotopic (exact) mass is 672 g/mol. The van der Waals surface area contributed by atoms with Crippen molar-refractivity contribution in [2.75, 3.05) is 24.4 Å². The van der Waals surface area contributed by atoms with Gasteiger partial charge >= 0.3 is 7.60 Å². The summed E-state index contributed by atoms with van der Waals surface area (Å²) in [7, 11) is -4.49. The topological polar surface area (TPSA) is 340 Å². The Kier molecular flexibility index (Phi) is 8.64. The molecule has 0 amide bonds. The van der Waals surface area contributed by atoms with Crippen LogP contribution in [0, 0.1) is 0 Å². The summed E-state index contributed by atoms with van der Waals surface area (Å²) >= 11 is 0. The van der Waals surface area contributed by atoms with Crippen molar-refractivity contribution >= 4 is 41.6 Å². The molecule has 252 valence electrons. The number of aromatic nitrogens is 6. The van der Waals surface area contributed by atoms with Gasteiger partial charge in [0.2, 0.25) is 11.9 Å². The minimum Gasteiger partial charge on any atom is -0.394 e. The molecule has 22 heteroatoms. The Hall–Kier alpha value is -3.73. The highest BCUT2D eigenvalue weighted by Gasteiger charge is 2.55. The Morgan fingerprint density at radius 1 is 0.913 bits per heavy atom. The number of fused-ring (bicyclic) bond motifs is 2. The van der Waals surface area contributed by atoms with Crippen molar-refractivity contribution in [3.05, 3.63) is 45.2 Å². The van der Waals surface area contributed by atoms with E-state index in [-0.39, 0.29) is 34.0 Å². The van der Waals surface area contributed by atoms with Crippen molar-refractivity contribution in [2.45, 2.75) is 62.1 Å². The van der Waals surface area contributed by atoms with Gasteiger partial charge in [-0.05, 0) is 26.0 Å². The molecule has 2 aliphatic heterocycles. The van der Waals surface area contributed by atoms with Gasteiger partial charge in [-0.3, -0.25) is 24.1 Å². The maximum absolute atomic E-state index is 11.9. The van der Waals surface area contributed by atoms with Crippen LogP contribution in [-0.4, -0.2) is 113 Å². The molecule has 46 heavy (non-hydrogen) atoms. The van der Waals surface area contributed by atoms with Crippen molar-refractivity contribution in [3.63, 3.8) is 0 Å². The fourth-order valence-electron chi connectivity index (χ4n) is 5.30. The van der Waals surface area contributed by atoms with Gasteiger partial charge in [-0.25, -0.2) is 0 Å². The van der Waals surface area contributed by atoms with Crippen LogP contribution in [0.3, 0.4) is 0 Å². The molecule has 0 spiro atoms. The Bertz CT molecular complexity index is 1910. The SMILES string of the molecule is C[C@@]1(O)C(O)[C@@H](CO)O[C@H]1n1ccc2c(=O)[nH]c(N)nc21.C[C@@]1(O)C(O)[C@@H](OCP(=O)(O)O)O[C@H]1n1ccc2c(=O)[nH]c(N)nc21. The van der Waals surface area contributed by atoms with Gasteiger partial charge in [0.1, 0.15) is 29.5 Å². The van der Waals surface area contributed by atoms with E-state index in [1.54, 1.807) is 0 Å². The lowest BCUT2D eigenvalue weighted by Gasteiger charge is -2.27. The fraction of sp³-hybridized carbons (Fsp3) is 0.500. The lowest BCUT2D eigenvalue weighted by atomic mass is 9.96. The number of nitrogens with one attached hydrogen (secondary N) is 2. The van der Waals surface area contributed by atoms with Crippen molar-refractivity contribution in [1.82, 2.24) is 29.1 Å². The summed E-state index contributed by atoms with van der Waals surface area (Å²) < 4.78 is 29.4. The number of ether oxygens (including phenoxy) is 3. The van der Waals surface area contributed by atoms with Crippen LogP contribution < -0.4 is 22.6 Å².